The number of nitrogens with zero attached hydrogens (tertiary/aromatic N) is 3. The first-order chi connectivity index (χ1) is 16.6. The number of carbonyl (C=O) groups excluding carboxylic acids is 1. The molecule has 5 rings (SSSR count). The molecule has 3 heterocycles. The molecule has 1 amide bonds. The topological polar surface area (TPSA) is 59.2 Å². The number of pyridine rings is 1. The highest BCUT2D eigenvalue weighted by Crippen LogP contribution is 2.28. The van der Waals surface area contributed by atoms with Crippen molar-refractivity contribution in [2.24, 2.45) is 0 Å². The zero-order valence-electron chi connectivity index (χ0n) is 18.9. The Labute approximate surface area is 198 Å². The van der Waals surface area contributed by atoms with Crippen LogP contribution in [0.25, 0.3) is 0 Å². The molecule has 1 fully saturated rings. The lowest BCUT2D eigenvalue weighted by atomic mass is 9.97. The molecule has 1 saturated heterocycles. The molecule has 0 bridgehead atoms. The molecule has 0 N–H and O–H groups in total. The third-order valence-corrected chi connectivity index (χ3v) is 6.21. The molecule has 5 nitrogen and oxygen atoms in total. The van der Waals surface area contributed by atoms with Crippen molar-refractivity contribution in [1.82, 2.24) is 14.9 Å². The van der Waals surface area contributed by atoms with Crippen LogP contribution in [0.1, 0.15) is 57.6 Å². The number of carbonyl (C=O) groups is 1. The molecule has 1 aliphatic rings. The van der Waals surface area contributed by atoms with E-state index in [1.54, 1.807) is 30.6 Å². The fraction of sp³-hybridized carbons (Fsp3) is 0.250. The SMILES string of the molecule is O=C(c1ccnc(Cc2ccccc2)c1)N1CCC[C@H](c2ncc(Cc3ccc(F)cc3)o2)C1. The minimum absolute atomic E-state index is 0.0134. The van der Waals surface area contributed by atoms with Crippen molar-refractivity contribution in [3.63, 3.8) is 0 Å². The summed E-state index contributed by atoms with van der Waals surface area (Å²) >= 11 is 0. The van der Waals surface area contributed by atoms with E-state index in [1.165, 1.54) is 12.1 Å². The van der Waals surface area contributed by atoms with Gasteiger partial charge in [0, 0.05) is 43.4 Å². The van der Waals surface area contributed by atoms with E-state index in [-0.39, 0.29) is 17.6 Å². The third kappa shape index (κ3) is 5.22. The van der Waals surface area contributed by atoms with E-state index in [2.05, 4.69) is 22.1 Å². The summed E-state index contributed by atoms with van der Waals surface area (Å²) in [6.45, 7) is 1.29. The van der Waals surface area contributed by atoms with E-state index in [9.17, 15) is 9.18 Å². The highest BCUT2D eigenvalue weighted by molar-refractivity contribution is 5.94. The highest BCUT2D eigenvalue weighted by Gasteiger charge is 2.28. The van der Waals surface area contributed by atoms with Gasteiger partial charge in [-0.05, 0) is 48.2 Å². The number of oxazole rings is 1. The second kappa shape index (κ2) is 10.00. The predicted octanol–water partition coefficient (Wildman–Crippen LogP) is 5.41. The van der Waals surface area contributed by atoms with Gasteiger partial charge in [0.1, 0.15) is 11.6 Å². The van der Waals surface area contributed by atoms with Gasteiger partial charge in [-0.2, -0.15) is 0 Å². The smallest absolute Gasteiger partial charge is 0.253 e. The van der Waals surface area contributed by atoms with Crippen LogP contribution in [-0.4, -0.2) is 33.9 Å². The van der Waals surface area contributed by atoms with Gasteiger partial charge in [-0.3, -0.25) is 9.78 Å². The number of likely N-dealkylation sites (tertiary alicyclic amines) is 1. The number of piperidine rings is 1. The molecular weight excluding hydrogens is 429 g/mol. The van der Waals surface area contributed by atoms with E-state index < -0.39 is 0 Å². The van der Waals surface area contributed by atoms with Crippen LogP contribution in [0.2, 0.25) is 0 Å². The van der Waals surface area contributed by atoms with Gasteiger partial charge < -0.3 is 9.32 Å². The van der Waals surface area contributed by atoms with E-state index in [4.69, 9.17) is 4.42 Å². The van der Waals surface area contributed by atoms with Gasteiger partial charge >= 0.3 is 0 Å². The Morgan fingerprint density at radius 3 is 2.62 bits per heavy atom. The normalized spacial score (nSPS) is 15.9. The summed E-state index contributed by atoms with van der Waals surface area (Å²) in [6.07, 6.45) is 6.52. The zero-order chi connectivity index (χ0) is 23.3. The molecule has 0 spiro atoms. The number of halogens is 1. The van der Waals surface area contributed by atoms with Gasteiger partial charge in [0.15, 0.2) is 5.89 Å². The molecule has 0 saturated carbocycles. The zero-order valence-corrected chi connectivity index (χ0v) is 18.9. The van der Waals surface area contributed by atoms with Crippen molar-refractivity contribution in [2.75, 3.05) is 13.1 Å². The van der Waals surface area contributed by atoms with Crippen LogP contribution in [0.4, 0.5) is 4.39 Å². The summed E-state index contributed by atoms with van der Waals surface area (Å²) in [5.41, 5.74) is 3.67. The summed E-state index contributed by atoms with van der Waals surface area (Å²) in [7, 11) is 0. The first-order valence-electron chi connectivity index (χ1n) is 11.6. The maximum Gasteiger partial charge on any atom is 0.253 e. The van der Waals surface area contributed by atoms with Crippen LogP contribution in [-0.2, 0) is 12.8 Å². The van der Waals surface area contributed by atoms with Gasteiger partial charge in [0.25, 0.3) is 5.91 Å². The molecule has 6 heteroatoms. The number of aromatic nitrogens is 2. The van der Waals surface area contributed by atoms with Crippen LogP contribution in [0.5, 0.6) is 0 Å². The van der Waals surface area contributed by atoms with Crippen molar-refractivity contribution in [2.45, 2.75) is 31.6 Å². The lowest BCUT2D eigenvalue weighted by Gasteiger charge is -2.31. The third-order valence-electron chi connectivity index (χ3n) is 6.21. The van der Waals surface area contributed by atoms with Gasteiger partial charge in [-0.25, -0.2) is 9.37 Å². The average molecular weight is 456 g/mol. The largest absolute Gasteiger partial charge is 0.445 e. The average Bonchev–Trinajstić information content (AvgIpc) is 3.34. The van der Waals surface area contributed by atoms with Crippen molar-refractivity contribution in [3.05, 3.63) is 119 Å². The summed E-state index contributed by atoms with van der Waals surface area (Å²) in [5, 5.41) is 0. The summed E-state index contributed by atoms with van der Waals surface area (Å²) in [4.78, 5) is 24.1. The van der Waals surface area contributed by atoms with E-state index in [1.807, 2.05) is 29.2 Å². The maximum absolute atomic E-state index is 13.3. The van der Waals surface area contributed by atoms with Crippen molar-refractivity contribution >= 4 is 5.91 Å². The molecule has 0 unspecified atom stereocenters. The molecule has 34 heavy (non-hydrogen) atoms. The number of benzene rings is 2. The minimum Gasteiger partial charge on any atom is -0.445 e. The van der Waals surface area contributed by atoms with E-state index in [0.29, 0.717) is 30.8 Å². The summed E-state index contributed by atoms with van der Waals surface area (Å²) in [6, 6.07) is 20.2. The highest BCUT2D eigenvalue weighted by atomic mass is 19.1. The van der Waals surface area contributed by atoms with Gasteiger partial charge in [0.2, 0.25) is 0 Å². The van der Waals surface area contributed by atoms with Gasteiger partial charge in [-0.1, -0.05) is 42.5 Å². The Kier molecular flexibility index (Phi) is 6.47. The van der Waals surface area contributed by atoms with Gasteiger partial charge in [-0.15, -0.1) is 0 Å². The molecule has 2 aromatic carbocycles. The molecule has 2 aromatic heterocycles. The van der Waals surface area contributed by atoms with Crippen molar-refractivity contribution in [1.29, 1.82) is 0 Å². The molecule has 172 valence electrons. The molecule has 1 atom stereocenters. The quantitative estimate of drug-likeness (QED) is 0.390. The van der Waals surface area contributed by atoms with Gasteiger partial charge in [0.05, 0.1) is 12.1 Å². The first-order valence-corrected chi connectivity index (χ1v) is 11.6. The number of rotatable bonds is 6. The molecule has 1 aliphatic heterocycles. The lowest BCUT2D eigenvalue weighted by molar-refractivity contribution is 0.0697. The Morgan fingerprint density at radius 2 is 1.79 bits per heavy atom. The summed E-state index contributed by atoms with van der Waals surface area (Å²) in [5.74, 6) is 1.22. The fourth-order valence-electron chi connectivity index (χ4n) is 4.46. The molecule has 0 radical (unpaired) electrons. The Morgan fingerprint density at radius 1 is 1.00 bits per heavy atom. The Bertz CT molecular complexity index is 1250. The maximum atomic E-state index is 13.3. The second-order valence-electron chi connectivity index (χ2n) is 8.76. The first kappa shape index (κ1) is 22.0. The number of hydrogen-bond donors (Lipinski definition) is 0. The van der Waals surface area contributed by atoms with Crippen LogP contribution >= 0.6 is 0 Å². The van der Waals surface area contributed by atoms with E-state index in [0.717, 1.165) is 42.0 Å². The molecule has 4 aromatic rings. The van der Waals surface area contributed by atoms with Crippen LogP contribution in [0, 0.1) is 5.82 Å². The standard InChI is InChI=1S/C28H26FN3O2/c29-24-10-8-21(9-11-24)16-26-18-31-27(34-26)23-7-4-14-32(19-23)28(33)22-12-13-30-25(17-22)15-20-5-2-1-3-6-20/h1-3,5-6,8-13,17-18,23H,4,7,14-16,19H2/t23-/m0/s1. The molecule has 0 aliphatic carbocycles. The Balaban J connectivity index is 1.25. The van der Waals surface area contributed by atoms with Crippen LogP contribution in [0.15, 0.2) is 83.5 Å². The second-order valence-corrected chi connectivity index (χ2v) is 8.76. The predicted molar refractivity (Wildman–Crippen MR) is 127 cm³/mol. The van der Waals surface area contributed by atoms with E-state index >= 15 is 0 Å². The lowest BCUT2D eigenvalue weighted by Crippen LogP contribution is -2.39. The number of amides is 1. The Hall–Kier alpha value is -3.80. The number of hydrogen-bond acceptors (Lipinski definition) is 4. The van der Waals surface area contributed by atoms with Crippen LogP contribution in [0.3, 0.4) is 0 Å². The van der Waals surface area contributed by atoms with Crippen molar-refractivity contribution in [3.8, 4) is 0 Å². The van der Waals surface area contributed by atoms with Crippen LogP contribution < -0.4 is 0 Å². The fourth-order valence-corrected chi connectivity index (χ4v) is 4.46. The minimum atomic E-state index is -0.254. The summed E-state index contributed by atoms with van der Waals surface area (Å²) < 4.78 is 19.2. The molecular formula is C28H26FN3O2. The van der Waals surface area contributed by atoms with Crippen molar-refractivity contribution < 1.29 is 13.6 Å². The monoisotopic (exact) mass is 455 g/mol.